The van der Waals surface area contributed by atoms with Gasteiger partial charge in [-0.05, 0) is 38.5 Å². The Morgan fingerprint density at radius 3 is 2.35 bits per heavy atom. The molecular formula is C13H15NO3. The van der Waals surface area contributed by atoms with E-state index in [1.807, 2.05) is 20.8 Å². The molecular weight excluding hydrogens is 218 g/mol. The van der Waals surface area contributed by atoms with Crippen LogP contribution in [0.25, 0.3) is 0 Å². The fourth-order valence-electron chi connectivity index (χ4n) is 1.29. The van der Waals surface area contributed by atoms with Crippen LogP contribution < -0.4 is 0 Å². The van der Waals surface area contributed by atoms with Gasteiger partial charge in [-0.2, -0.15) is 4.99 Å². The minimum absolute atomic E-state index is 0.211. The third-order valence-corrected chi connectivity index (χ3v) is 1.88. The topological polar surface area (TPSA) is 55.7 Å². The number of esters is 1. The molecule has 0 bridgehead atoms. The number of rotatable bonds is 3. The summed E-state index contributed by atoms with van der Waals surface area (Å²) in [6, 6.07) is 6.79. The Bertz CT molecular complexity index is 437. The maximum Gasteiger partial charge on any atom is 0.310 e. The fraction of sp³-hybridized carbons (Fsp3) is 0.385. The van der Waals surface area contributed by atoms with Crippen LogP contribution in [0.1, 0.15) is 26.3 Å². The molecule has 0 aliphatic rings. The van der Waals surface area contributed by atoms with Crippen molar-refractivity contribution in [3.8, 4) is 0 Å². The first-order valence-corrected chi connectivity index (χ1v) is 5.29. The molecule has 0 amide bonds. The second-order valence-electron chi connectivity index (χ2n) is 4.63. The van der Waals surface area contributed by atoms with Crippen LogP contribution in [0.5, 0.6) is 0 Å². The molecule has 0 aliphatic heterocycles. The number of hydrogen-bond donors (Lipinski definition) is 0. The Balaban J connectivity index is 2.63. The predicted octanol–water partition coefficient (Wildman–Crippen LogP) is 2.54. The second-order valence-corrected chi connectivity index (χ2v) is 4.63. The fourth-order valence-corrected chi connectivity index (χ4v) is 1.29. The number of benzene rings is 1. The molecule has 0 saturated heterocycles. The van der Waals surface area contributed by atoms with Gasteiger partial charge in [-0.3, -0.25) is 4.79 Å². The average molecular weight is 233 g/mol. The maximum atomic E-state index is 11.5. The quantitative estimate of drug-likeness (QED) is 0.458. The van der Waals surface area contributed by atoms with Gasteiger partial charge in [0.05, 0.1) is 12.1 Å². The van der Waals surface area contributed by atoms with E-state index >= 15 is 0 Å². The van der Waals surface area contributed by atoms with Crippen molar-refractivity contribution >= 4 is 17.7 Å². The lowest BCUT2D eigenvalue weighted by Gasteiger charge is -2.19. The molecule has 90 valence electrons. The van der Waals surface area contributed by atoms with Crippen LogP contribution in [0.4, 0.5) is 5.69 Å². The lowest BCUT2D eigenvalue weighted by molar-refractivity contribution is -0.153. The van der Waals surface area contributed by atoms with Crippen molar-refractivity contribution in [2.75, 3.05) is 0 Å². The zero-order valence-corrected chi connectivity index (χ0v) is 10.2. The summed E-state index contributed by atoms with van der Waals surface area (Å²) in [4.78, 5) is 25.0. The summed E-state index contributed by atoms with van der Waals surface area (Å²) in [6.07, 6.45) is 1.67. The van der Waals surface area contributed by atoms with Gasteiger partial charge in [-0.15, -0.1) is 0 Å². The van der Waals surface area contributed by atoms with Gasteiger partial charge >= 0.3 is 5.97 Å². The SMILES string of the molecule is CC(C)(C)OC(=O)Cc1ccc(N=C=O)cc1. The van der Waals surface area contributed by atoms with E-state index in [2.05, 4.69) is 4.99 Å². The van der Waals surface area contributed by atoms with Gasteiger partial charge in [0.15, 0.2) is 0 Å². The van der Waals surface area contributed by atoms with Gasteiger partial charge in [-0.25, -0.2) is 4.79 Å². The van der Waals surface area contributed by atoms with Gasteiger partial charge in [0.1, 0.15) is 5.60 Å². The largest absolute Gasteiger partial charge is 0.460 e. The summed E-state index contributed by atoms with van der Waals surface area (Å²) in [7, 11) is 0. The molecule has 0 saturated carbocycles. The van der Waals surface area contributed by atoms with Gasteiger partial charge in [0.25, 0.3) is 0 Å². The molecule has 1 aromatic carbocycles. The van der Waals surface area contributed by atoms with Crippen LogP contribution in [0, 0.1) is 0 Å². The Morgan fingerprint density at radius 2 is 1.88 bits per heavy atom. The molecule has 0 N–H and O–H groups in total. The van der Waals surface area contributed by atoms with Crippen molar-refractivity contribution in [1.29, 1.82) is 0 Å². The first kappa shape index (κ1) is 13.1. The van der Waals surface area contributed by atoms with Crippen molar-refractivity contribution in [3.05, 3.63) is 29.8 Å². The summed E-state index contributed by atoms with van der Waals surface area (Å²) in [5.74, 6) is -0.274. The molecule has 0 radical (unpaired) electrons. The number of hydrogen-bond acceptors (Lipinski definition) is 4. The molecule has 1 aromatic rings. The van der Waals surface area contributed by atoms with E-state index in [0.717, 1.165) is 5.56 Å². The van der Waals surface area contributed by atoms with Crippen molar-refractivity contribution in [3.63, 3.8) is 0 Å². The third-order valence-electron chi connectivity index (χ3n) is 1.88. The lowest BCUT2D eigenvalue weighted by atomic mass is 10.1. The van der Waals surface area contributed by atoms with Gasteiger partial charge < -0.3 is 4.74 Å². The highest BCUT2D eigenvalue weighted by Crippen LogP contribution is 2.14. The van der Waals surface area contributed by atoms with E-state index in [1.165, 1.54) is 6.08 Å². The maximum absolute atomic E-state index is 11.5. The average Bonchev–Trinajstić information content (AvgIpc) is 2.18. The van der Waals surface area contributed by atoms with E-state index in [1.54, 1.807) is 24.3 Å². The summed E-state index contributed by atoms with van der Waals surface area (Å²) < 4.78 is 5.19. The van der Waals surface area contributed by atoms with Crippen LogP contribution in [0.2, 0.25) is 0 Å². The van der Waals surface area contributed by atoms with E-state index in [4.69, 9.17) is 4.74 Å². The molecule has 1 rings (SSSR count). The van der Waals surface area contributed by atoms with Crippen LogP contribution in [-0.2, 0) is 20.7 Å². The molecule has 0 heterocycles. The number of carbonyl (C=O) groups is 1. The normalized spacial score (nSPS) is 10.5. The van der Waals surface area contributed by atoms with E-state index in [0.29, 0.717) is 5.69 Å². The van der Waals surface area contributed by atoms with Crippen molar-refractivity contribution < 1.29 is 14.3 Å². The summed E-state index contributed by atoms with van der Waals surface area (Å²) in [5, 5.41) is 0. The smallest absolute Gasteiger partial charge is 0.310 e. The third kappa shape index (κ3) is 5.09. The van der Waals surface area contributed by atoms with Gasteiger partial charge in [-0.1, -0.05) is 12.1 Å². The first-order chi connectivity index (χ1) is 7.90. The summed E-state index contributed by atoms with van der Waals surface area (Å²) >= 11 is 0. The minimum atomic E-state index is -0.473. The monoisotopic (exact) mass is 233 g/mol. The molecule has 0 atom stereocenters. The Kier molecular flexibility index (Phi) is 4.18. The van der Waals surface area contributed by atoms with Crippen LogP contribution in [0.3, 0.4) is 0 Å². The number of aliphatic imine (C=N–C) groups is 1. The van der Waals surface area contributed by atoms with Crippen LogP contribution >= 0.6 is 0 Å². The van der Waals surface area contributed by atoms with Crippen LogP contribution in [0.15, 0.2) is 29.3 Å². The van der Waals surface area contributed by atoms with Gasteiger partial charge in [0, 0.05) is 0 Å². The summed E-state index contributed by atoms with van der Waals surface area (Å²) in [6.45, 7) is 5.48. The van der Waals surface area contributed by atoms with E-state index in [9.17, 15) is 9.59 Å². The van der Waals surface area contributed by atoms with E-state index < -0.39 is 5.60 Å². The lowest BCUT2D eigenvalue weighted by Crippen LogP contribution is -2.24. The predicted molar refractivity (Wildman–Crippen MR) is 63.8 cm³/mol. The molecule has 0 fully saturated rings. The Morgan fingerprint density at radius 1 is 1.29 bits per heavy atom. The van der Waals surface area contributed by atoms with Crippen molar-refractivity contribution in [2.45, 2.75) is 32.8 Å². The molecule has 4 heteroatoms. The standard InChI is InChI=1S/C13H15NO3/c1-13(2,3)17-12(16)8-10-4-6-11(7-5-10)14-9-15/h4-7H,8H2,1-3H3. The molecule has 0 aliphatic carbocycles. The molecule has 4 nitrogen and oxygen atoms in total. The Labute approximate surface area is 100 Å². The van der Waals surface area contributed by atoms with Crippen molar-refractivity contribution in [1.82, 2.24) is 0 Å². The number of nitrogens with zero attached hydrogens (tertiary/aromatic N) is 1. The van der Waals surface area contributed by atoms with Gasteiger partial charge in [0.2, 0.25) is 6.08 Å². The molecule has 0 spiro atoms. The highest BCUT2D eigenvalue weighted by Gasteiger charge is 2.16. The summed E-state index contributed by atoms with van der Waals surface area (Å²) in [5.41, 5.74) is 0.871. The highest BCUT2D eigenvalue weighted by atomic mass is 16.6. The second kappa shape index (κ2) is 5.41. The van der Waals surface area contributed by atoms with Crippen LogP contribution in [-0.4, -0.2) is 17.7 Å². The molecule has 17 heavy (non-hydrogen) atoms. The number of isocyanates is 1. The molecule has 0 aromatic heterocycles. The number of ether oxygens (including phenoxy) is 1. The highest BCUT2D eigenvalue weighted by molar-refractivity contribution is 5.73. The molecule has 0 unspecified atom stereocenters. The Hall–Kier alpha value is -1.93. The minimum Gasteiger partial charge on any atom is -0.460 e. The van der Waals surface area contributed by atoms with E-state index in [-0.39, 0.29) is 12.4 Å². The first-order valence-electron chi connectivity index (χ1n) is 5.29. The van der Waals surface area contributed by atoms with Crippen molar-refractivity contribution in [2.24, 2.45) is 4.99 Å². The number of carbonyl (C=O) groups excluding carboxylic acids is 2. The zero-order valence-electron chi connectivity index (χ0n) is 10.2. The zero-order chi connectivity index (χ0) is 12.9.